The normalized spacial score (nSPS) is 16.4. The molecule has 0 nitrogen and oxygen atoms in total. The van der Waals surface area contributed by atoms with Crippen molar-refractivity contribution in [1.29, 1.82) is 0 Å². The van der Waals surface area contributed by atoms with E-state index in [-0.39, 0.29) is 25.8 Å². The molecule has 2 rings (SSSR count). The summed E-state index contributed by atoms with van der Waals surface area (Å²) in [7, 11) is 0. The van der Waals surface area contributed by atoms with Crippen LogP contribution in [0, 0.1) is 18.1 Å². The maximum atomic E-state index is 3.26. The molecule has 0 atom stereocenters. The molecule has 1 heteroatoms. The van der Waals surface area contributed by atoms with Crippen LogP contribution in [0.3, 0.4) is 0 Å². The average Bonchev–Trinajstić information content (AvgIpc) is 2.82. The third kappa shape index (κ3) is 5.54. The molecule has 0 saturated carbocycles. The topological polar surface area (TPSA) is 0 Å². The van der Waals surface area contributed by atoms with E-state index >= 15 is 0 Å². The molecule has 0 N–H and O–H groups in total. The maximum Gasteiger partial charge on any atom is 0 e. The standard InChI is InChI=1S/C8H11.C5H5.Hf/c1-7(2)8-5-3-4-6-8;1-2-4-5-3-1;/h3,5,7H,4H2,1-2H3;1-3H,4H2;/q2*-1;. The van der Waals surface area contributed by atoms with Crippen LogP contribution in [-0.2, 0) is 25.8 Å². The first-order valence-electron chi connectivity index (χ1n) is 4.79. The van der Waals surface area contributed by atoms with Crippen LogP contribution < -0.4 is 0 Å². The minimum Gasteiger partial charge on any atom is -0.273 e. The Bertz CT molecular complexity index is 244. The van der Waals surface area contributed by atoms with Crippen LogP contribution in [0.15, 0.2) is 36.0 Å². The average molecular weight is 351 g/mol. The van der Waals surface area contributed by atoms with E-state index in [1.165, 1.54) is 5.57 Å². The number of allylic oxidation sites excluding steroid dienone is 8. The van der Waals surface area contributed by atoms with Gasteiger partial charge in [0.1, 0.15) is 0 Å². The van der Waals surface area contributed by atoms with Crippen LogP contribution in [0.4, 0.5) is 0 Å². The van der Waals surface area contributed by atoms with Crippen LogP contribution in [0.2, 0.25) is 0 Å². The van der Waals surface area contributed by atoms with Crippen LogP contribution in [0.1, 0.15) is 26.7 Å². The van der Waals surface area contributed by atoms with Gasteiger partial charge >= 0.3 is 0 Å². The summed E-state index contributed by atoms with van der Waals surface area (Å²) in [5.41, 5.74) is 1.37. The zero-order chi connectivity index (χ0) is 9.52. The molecule has 0 radical (unpaired) electrons. The molecule has 0 amide bonds. The molecule has 0 aromatic rings. The van der Waals surface area contributed by atoms with Gasteiger partial charge in [-0.25, -0.2) is 23.8 Å². The molecule has 0 fully saturated rings. The van der Waals surface area contributed by atoms with Gasteiger partial charge in [0.25, 0.3) is 0 Å². The Morgan fingerprint density at radius 1 is 1.21 bits per heavy atom. The minimum absolute atomic E-state index is 0. The number of hydrogen-bond donors (Lipinski definition) is 0. The van der Waals surface area contributed by atoms with Gasteiger partial charge in [-0.15, -0.1) is 12.8 Å². The fourth-order valence-corrected chi connectivity index (χ4v) is 1.16. The predicted octanol–water partition coefficient (Wildman–Crippen LogP) is 3.64. The van der Waals surface area contributed by atoms with Gasteiger partial charge in [-0.05, 0) is 0 Å². The second-order valence-electron chi connectivity index (χ2n) is 3.40. The predicted molar refractivity (Wildman–Crippen MR) is 56.9 cm³/mol. The molecule has 2 aliphatic carbocycles. The van der Waals surface area contributed by atoms with Crippen molar-refractivity contribution in [3.05, 3.63) is 48.1 Å². The fraction of sp³-hybridized carbons (Fsp3) is 0.385. The Morgan fingerprint density at radius 2 is 2.00 bits per heavy atom. The van der Waals surface area contributed by atoms with Gasteiger partial charge in [-0.3, -0.25) is 12.2 Å². The van der Waals surface area contributed by atoms with Gasteiger partial charge < -0.3 is 0 Å². The van der Waals surface area contributed by atoms with E-state index in [0.29, 0.717) is 5.92 Å². The first-order valence-corrected chi connectivity index (χ1v) is 4.79. The van der Waals surface area contributed by atoms with Crippen molar-refractivity contribution in [1.82, 2.24) is 0 Å². The molecule has 0 aliphatic heterocycles. The summed E-state index contributed by atoms with van der Waals surface area (Å²) in [6, 6.07) is 0. The van der Waals surface area contributed by atoms with E-state index in [1.807, 2.05) is 12.2 Å². The Morgan fingerprint density at radius 3 is 2.21 bits per heavy atom. The molecule has 0 saturated heterocycles. The van der Waals surface area contributed by atoms with Crippen LogP contribution >= 0.6 is 0 Å². The van der Waals surface area contributed by atoms with Gasteiger partial charge in [0.2, 0.25) is 0 Å². The van der Waals surface area contributed by atoms with E-state index in [9.17, 15) is 0 Å². The quantitative estimate of drug-likeness (QED) is 0.500. The van der Waals surface area contributed by atoms with Gasteiger partial charge in [0.15, 0.2) is 0 Å². The third-order valence-corrected chi connectivity index (χ3v) is 1.93. The molecule has 0 heterocycles. The van der Waals surface area contributed by atoms with Gasteiger partial charge in [-0.2, -0.15) is 12.2 Å². The van der Waals surface area contributed by atoms with Gasteiger partial charge in [0, 0.05) is 25.8 Å². The first kappa shape index (κ1) is 13.8. The third-order valence-electron chi connectivity index (χ3n) is 1.93. The van der Waals surface area contributed by atoms with Crippen molar-refractivity contribution in [2.24, 2.45) is 5.92 Å². The molecular formula is C13H16Hf-2. The Balaban J connectivity index is 0.000000246. The zero-order valence-electron chi connectivity index (χ0n) is 8.88. The minimum atomic E-state index is 0. The van der Waals surface area contributed by atoms with Crippen molar-refractivity contribution in [2.75, 3.05) is 0 Å². The smallest absolute Gasteiger partial charge is 0 e. The number of rotatable bonds is 1. The second kappa shape index (κ2) is 8.16. The van der Waals surface area contributed by atoms with Crippen molar-refractivity contribution in [2.45, 2.75) is 26.7 Å². The summed E-state index contributed by atoms with van der Waals surface area (Å²) in [6.07, 6.45) is 18.6. The summed E-state index contributed by atoms with van der Waals surface area (Å²) in [5, 5.41) is 0. The van der Waals surface area contributed by atoms with Crippen molar-refractivity contribution in [3.8, 4) is 0 Å². The van der Waals surface area contributed by atoms with Crippen molar-refractivity contribution < 1.29 is 25.8 Å². The first-order chi connectivity index (χ1) is 6.30. The fourth-order valence-electron chi connectivity index (χ4n) is 1.16. The van der Waals surface area contributed by atoms with E-state index in [4.69, 9.17) is 0 Å². The van der Waals surface area contributed by atoms with Crippen LogP contribution in [-0.4, -0.2) is 0 Å². The molecule has 0 bridgehead atoms. The van der Waals surface area contributed by atoms with E-state index < -0.39 is 0 Å². The summed E-state index contributed by atoms with van der Waals surface area (Å²) in [6.45, 7) is 4.38. The molecule has 0 unspecified atom stereocenters. The van der Waals surface area contributed by atoms with Gasteiger partial charge in [-0.1, -0.05) is 19.8 Å². The van der Waals surface area contributed by atoms with Crippen molar-refractivity contribution in [3.63, 3.8) is 0 Å². The van der Waals surface area contributed by atoms with Gasteiger partial charge in [0.05, 0.1) is 0 Å². The van der Waals surface area contributed by atoms with Crippen molar-refractivity contribution >= 4 is 0 Å². The maximum absolute atomic E-state index is 3.26. The van der Waals surface area contributed by atoms with E-state index in [0.717, 1.165) is 12.8 Å². The number of hydrogen-bond acceptors (Lipinski definition) is 0. The molecular weight excluding hydrogens is 335 g/mol. The SMILES string of the molecule is CC(C)C1=[C-]CC=C1.[C-]1=CC=CC1.[Hf]. The Hall–Kier alpha value is -0.170. The summed E-state index contributed by atoms with van der Waals surface area (Å²) in [4.78, 5) is 0. The second-order valence-corrected chi connectivity index (χ2v) is 3.40. The summed E-state index contributed by atoms with van der Waals surface area (Å²) in [5.74, 6) is 0.661. The Kier molecular flexibility index (Phi) is 8.07. The zero-order valence-corrected chi connectivity index (χ0v) is 12.5. The van der Waals surface area contributed by atoms with E-state index in [2.05, 4.69) is 44.2 Å². The summed E-state index contributed by atoms with van der Waals surface area (Å²) < 4.78 is 0. The monoisotopic (exact) mass is 352 g/mol. The molecule has 2 aliphatic rings. The molecule has 0 spiro atoms. The van der Waals surface area contributed by atoms with E-state index in [1.54, 1.807) is 0 Å². The van der Waals surface area contributed by atoms with Crippen LogP contribution in [0.5, 0.6) is 0 Å². The molecule has 0 aromatic carbocycles. The molecule has 14 heavy (non-hydrogen) atoms. The molecule has 74 valence electrons. The van der Waals surface area contributed by atoms with Crippen LogP contribution in [0.25, 0.3) is 0 Å². The largest absolute Gasteiger partial charge is 0.273 e. The molecule has 0 aromatic heterocycles. The Labute approximate surface area is 106 Å². The summed E-state index contributed by atoms with van der Waals surface area (Å²) >= 11 is 0.